The van der Waals surface area contributed by atoms with Gasteiger partial charge in [0.2, 0.25) is 0 Å². The van der Waals surface area contributed by atoms with E-state index in [9.17, 15) is 19.5 Å². The number of allylic oxidation sites excluding steroid dienone is 30. The van der Waals surface area contributed by atoms with Gasteiger partial charge in [-0.1, -0.05) is 331 Å². The maximum Gasteiger partial charge on any atom is 0.306 e. The van der Waals surface area contributed by atoms with E-state index in [1.807, 2.05) is 21.1 Å². The predicted molar refractivity (Wildman–Crippen MR) is 416 cm³/mol. The summed E-state index contributed by atoms with van der Waals surface area (Å²) in [5.41, 5.74) is 0. The predicted octanol–water partition coefficient (Wildman–Crippen LogP) is 23.8. The van der Waals surface area contributed by atoms with E-state index in [1.165, 1.54) is 109 Å². The summed E-state index contributed by atoms with van der Waals surface area (Å²) >= 11 is 0. The largest absolute Gasteiger partial charge is 0.545 e. The van der Waals surface area contributed by atoms with Gasteiger partial charge in [0.15, 0.2) is 12.4 Å². The first-order valence-electron chi connectivity index (χ1n) is 38.9. The van der Waals surface area contributed by atoms with Crippen molar-refractivity contribution in [3.05, 3.63) is 182 Å². The van der Waals surface area contributed by atoms with Gasteiger partial charge in [-0.05, 0) is 135 Å². The molecule has 2 unspecified atom stereocenters. The van der Waals surface area contributed by atoms with Crippen LogP contribution in [0.25, 0.3) is 0 Å². The molecule has 0 spiro atoms. The summed E-state index contributed by atoms with van der Waals surface area (Å²) in [6.45, 7) is 4.50. The Bertz CT molecular complexity index is 2260. The smallest absolute Gasteiger partial charge is 0.306 e. The quantitative estimate of drug-likeness (QED) is 0.0195. The van der Waals surface area contributed by atoms with Gasteiger partial charge in [-0.25, -0.2) is 0 Å². The molecule has 9 nitrogen and oxygen atoms in total. The number of esters is 2. The van der Waals surface area contributed by atoms with Crippen LogP contribution in [0.3, 0.4) is 0 Å². The molecule has 0 saturated carbocycles. The fourth-order valence-electron chi connectivity index (χ4n) is 10.3. The minimum Gasteiger partial charge on any atom is -0.545 e. The lowest BCUT2D eigenvalue weighted by Gasteiger charge is -2.26. The normalized spacial score (nSPS) is 13.7. The number of carboxylic acid groups (broad SMARTS) is 1. The van der Waals surface area contributed by atoms with Gasteiger partial charge in [0.25, 0.3) is 0 Å². The minimum absolute atomic E-state index is 0.137. The van der Waals surface area contributed by atoms with Crippen molar-refractivity contribution in [2.45, 2.75) is 309 Å². The third-order valence-electron chi connectivity index (χ3n) is 16.1. The van der Waals surface area contributed by atoms with Gasteiger partial charge in [0, 0.05) is 12.8 Å². The lowest BCUT2D eigenvalue weighted by atomic mass is 10.0. The number of ether oxygens (including phenoxy) is 4. The van der Waals surface area contributed by atoms with Crippen LogP contribution in [0, 0.1) is 0 Å². The molecule has 0 aliphatic carbocycles. The first-order chi connectivity index (χ1) is 47.6. The zero-order valence-corrected chi connectivity index (χ0v) is 62.6. The van der Waals surface area contributed by atoms with E-state index in [0.29, 0.717) is 17.4 Å². The van der Waals surface area contributed by atoms with Crippen LogP contribution in [0.2, 0.25) is 0 Å². The van der Waals surface area contributed by atoms with E-state index in [2.05, 4.69) is 196 Å². The maximum atomic E-state index is 13.0. The molecule has 0 N–H and O–H groups in total. The van der Waals surface area contributed by atoms with Crippen LogP contribution in [0.4, 0.5) is 0 Å². The van der Waals surface area contributed by atoms with Crippen LogP contribution in [0.1, 0.15) is 296 Å². The molecule has 0 aliphatic rings. The van der Waals surface area contributed by atoms with Crippen LogP contribution >= 0.6 is 0 Å². The molecule has 0 amide bonds. The lowest BCUT2D eigenvalue weighted by molar-refractivity contribution is -0.870. The summed E-state index contributed by atoms with van der Waals surface area (Å²) in [6.07, 6.45) is 113. The average Bonchev–Trinajstić information content (AvgIpc) is 2.39. The monoisotopic (exact) mass is 1340 g/mol. The second-order valence-corrected chi connectivity index (χ2v) is 26.5. The number of carbonyl (C=O) groups is 3. The molecule has 0 saturated heterocycles. The average molecular weight is 1340 g/mol. The van der Waals surface area contributed by atoms with Crippen LogP contribution in [0.5, 0.6) is 0 Å². The van der Waals surface area contributed by atoms with Crippen molar-refractivity contribution >= 4 is 17.9 Å². The summed E-state index contributed by atoms with van der Waals surface area (Å²) < 4.78 is 22.8. The number of hydrogen-bond donors (Lipinski definition) is 0. The fourth-order valence-corrected chi connectivity index (χ4v) is 10.3. The topological polar surface area (TPSA) is 111 Å². The first-order valence-corrected chi connectivity index (χ1v) is 38.9. The first kappa shape index (κ1) is 91.4. The molecule has 0 aliphatic heterocycles. The molecule has 548 valence electrons. The van der Waals surface area contributed by atoms with E-state index < -0.39 is 24.3 Å². The Labute approximate surface area is 596 Å². The number of likely N-dealkylation sites (N-methyl/N-ethyl adjacent to an activating group) is 1. The van der Waals surface area contributed by atoms with Gasteiger partial charge in [-0.3, -0.25) is 9.59 Å². The number of quaternary nitrogens is 1. The standard InChI is InChI=1S/C88H143NO8/c1-6-8-10-12-14-16-18-20-22-24-26-28-30-32-34-36-38-39-40-41-42-43-44-45-46-47-49-50-52-54-56-58-60-62-64-66-68-70-72-74-76-78-85(90)95-82-84(83-96-88(87(92)93)94-81-80-89(3,4)5)97-86(91)79-77-75-73-71-69-67-65-63-61-59-57-55-53-51-48-37-35-33-31-29-27-25-23-21-19-17-15-13-11-9-7-2/h8-11,14-17,20-23,26-29,32-35,38-39,41-42,48,51,55,57,61,63,84,88H,6-7,12-13,18-19,24-25,30-31,36-37,40,43-47,49-50,52-54,56,58-60,62,64-83H2,1-5H3/b10-8-,11-9-,16-14-,17-15-,22-20-,23-21-,28-26-,29-27-,34-32-,35-33-,39-38-,42-41-,51-48-,57-55-,63-61-. The molecular weight excluding hydrogens is 1200 g/mol. The van der Waals surface area contributed by atoms with E-state index >= 15 is 0 Å². The van der Waals surface area contributed by atoms with Crippen LogP contribution in [-0.2, 0) is 33.3 Å². The molecule has 2 atom stereocenters. The van der Waals surface area contributed by atoms with Crippen molar-refractivity contribution in [1.29, 1.82) is 0 Å². The molecule has 0 fully saturated rings. The minimum atomic E-state index is -1.64. The third kappa shape index (κ3) is 77.6. The Balaban J connectivity index is 4.10. The number of unbranched alkanes of at least 4 members (excludes halogenated alkanes) is 25. The van der Waals surface area contributed by atoms with Gasteiger partial charge in [-0.2, -0.15) is 0 Å². The van der Waals surface area contributed by atoms with Gasteiger partial charge in [0.1, 0.15) is 13.2 Å². The molecule has 0 bridgehead atoms. The second-order valence-electron chi connectivity index (χ2n) is 26.5. The van der Waals surface area contributed by atoms with Crippen molar-refractivity contribution in [3.63, 3.8) is 0 Å². The number of aliphatic carboxylic acids is 1. The molecular formula is C88H143NO8. The molecule has 0 rings (SSSR count). The summed E-state index contributed by atoms with van der Waals surface area (Å²) in [5.74, 6) is -2.31. The Morgan fingerprint density at radius 1 is 0.309 bits per heavy atom. The Morgan fingerprint density at radius 3 is 0.825 bits per heavy atom. The third-order valence-corrected chi connectivity index (χ3v) is 16.1. The zero-order chi connectivity index (χ0) is 70.4. The lowest BCUT2D eigenvalue weighted by Crippen LogP contribution is -2.44. The van der Waals surface area contributed by atoms with E-state index in [4.69, 9.17) is 18.9 Å². The highest BCUT2D eigenvalue weighted by atomic mass is 16.7. The summed E-state index contributed by atoms with van der Waals surface area (Å²) in [6, 6.07) is 0. The van der Waals surface area contributed by atoms with Crippen LogP contribution < -0.4 is 5.11 Å². The highest BCUT2D eigenvalue weighted by Gasteiger charge is 2.22. The van der Waals surface area contributed by atoms with Crippen molar-refractivity contribution in [2.75, 3.05) is 47.5 Å². The number of carboxylic acids is 1. The number of hydrogen-bond acceptors (Lipinski definition) is 8. The Morgan fingerprint density at radius 2 is 0.557 bits per heavy atom. The summed E-state index contributed by atoms with van der Waals surface area (Å²) in [5, 5.41) is 11.9. The van der Waals surface area contributed by atoms with Gasteiger partial charge in [0.05, 0.1) is 40.3 Å². The highest BCUT2D eigenvalue weighted by Crippen LogP contribution is 2.17. The molecule has 0 radical (unpaired) electrons. The molecule has 0 aromatic rings. The van der Waals surface area contributed by atoms with Gasteiger partial charge in [-0.15, -0.1) is 0 Å². The zero-order valence-electron chi connectivity index (χ0n) is 62.6. The van der Waals surface area contributed by atoms with Crippen molar-refractivity contribution < 1.29 is 42.9 Å². The highest BCUT2D eigenvalue weighted by molar-refractivity contribution is 5.70. The fraction of sp³-hybridized carbons (Fsp3) is 0.625. The number of nitrogens with zero attached hydrogens (tertiary/aromatic N) is 1. The maximum absolute atomic E-state index is 13.0. The summed E-state index contributed by atoms with van der Waals surface area (Å²) in [7, 11) is 5.92. The van der Waals surface area contributed by atoms with Crippen molar-refractivity contribution in [1.82, 2.24) is 0 Å². The molecule has 97 heavy (non-hydrogen) atoms. The van der Waals surface area contributed by atoms with Gasteiger partial charge < -0.3 is 33.3 Å². The Hall–Kier alpha value is -5.61. The van der Waals surface area contributed by atoms with E-state index in [0.717, 1.165) is 154 Å². The van der Waals surface area contributed by atoms with Crippen molar-refractivity contribution in [3.8, 4) is 0 Å². The Kier molecular flexibility index (Phi) is 71.7. The van der Waals surface area contributed by atoms with Crippen molar-refractivity contribution in [2.24, 2.45) is 0 Å². The van der Waals surface area contributed by atoms with Gasteiger partial charge >= 0.3 is 11.9 Å². The molecule has 0 aromatic carbocycles. The van der Waals surface area contributed by atoms with Crippen LogP contribution in [0.15, 0.2) is 182 Å². The van der Waals surface area contributed by atoms with E-state index in [1.54, 1.807) is 0 Å². The number of rotatable bonds is 70. The van der Waals surface area contributed by atoms with E-state index in [-0.39, 0.29) is 38.6 Å². The van der Waals surface area contributed by atoms with Crippen LogP contribution in [-0.4, -0.2) is 82.3 Å². The molecule has 9 heteroatoms. The second kappa shape index (κ2) is 76.1. The summed E-state index contributed by atoms with van der Waals surface area (Å²) in [4.78, 5) is 37.6. The molecule has 0 aromatic heterocycles. The molecule has 0 heterocycles. The number of carbonyl (C=O) groups excluding carboxylic acids is 3. The SMILES string of the molecule is CC/C=C\C/C=C\C/C=C\C/C=C\C/C=C\C/C=C\C/C=C\C/C=C\CCCCCCCCC(=O)OC(COC(=O)CCCCCCCCCCCCCCCCCCCCC/C=C\C/C=C\C/C=C\C/C=C\C/C=C\C/C=C\C/C=C\CC)COC(OCC[N+](C)(C)C)C(=O)[O-].